The third-order valence-corrected chi connectivity index (χ3v) is 4.55. The van der Waals surface area contributed by atoms with Crippen LogP contribution in [0.4, 0.5) is 0 Å². The Kier molecular flexibility index (Phi) is 8.66. The van der Waals surface area contributed by atoms with Gasteiger partial charge < -0.3 is 15.0 Å². The Morgan fingerprint density at radius 3 is 2.52 bits per heavy atom. The maximum atomic E-state index is 5.75. The molecule has 0 bridgehead atoms. The minimum Gasteiger partial charge on any atom is -0.379 e. The highest BCUT2D eigenvalue weighted by atomic mass is 16.5. The Morgan fingerprint density at radius 1 is 1.09 bits per heavy atom. The number of nitrogens with zero attached hydrogens (tertiary/aromatic N) is 1. The smallest absolute Gasteiger partial charge is 0.0518 e. The molecule has 0 amide bonds. The lowest BCUT2D eigenvalue weighted by Crippen LogP contribution is -2.33. The van der Waals surface area contributed by atoms with Crippen molar-refractivity contribution in [2.24, 2.45) is 0 Å². The van der Waals surface area contributed by atoms with Crippen molar-refractivity contribution in [3.05, 3.63) is 35.9 Å². The normalized spacial score (nSPS) is 17.5. The molecule has 23 heavy (non-hydrogen) atoms. The van der Waals surface area contributed by atoms with Crippen molar-refractivity contribution >= 4 is 0 Å². The van der Waals surface area contributed by atoms with Crippen LogP contribution in [0.3, 0.4) is 0 Å². The number of hydrogen-bond donors (Lipinski definition) is 1. The lowest BCUT2D eigenvalue weighted by atomic mass is 10.0. The highest BCUT2D eigenvalue weighted by Crippen LogP contribution is 2.17. The average molecular weight is 319 g/mol. The van der Waals surface area contributed by atoms with Gasteiger partial charge in [-0.05, 0) is 71.3 Å². The van der Waals surface area contributed by atoms with Gasteiger partial charge in [-0.3, -0.25) is 0 Å². The minimum absolute atomic E-state index is 0.311. The molecule has 1 saturated heterocycles. The number of nitrogens with one attached hydrogen (secondary N) is 1. The summed E-state index contributed by atoms with van der Waals surface area (Å²) in [5.74, 6) is 0. The predicted molar refractivity (Wildman–Crippen MR) is 97.8 cm³/mol. The van der Waals surface area contributed by atoms with E-state index in [1.54, 1.807) is 0 Å². The van der Waals surface area contributed by atoms with Gasteiger partial charge in [-0.25, -0.2) is 0 Å². The molecule has 3 heteroatoms. The number of rotatable bonds is 10. The van der Waals surface area contributed by atoms with Gasteiger partial charge >= 0.3 is 0 Å². The topological polar surface area (TPSA) is 24.5 Å². The molecule has 1 aliphatic rings. The number of piperidine rings is 1. The van der Waals surface area contributed by atoms with Crippen LogP contribution in [0.25, 0.3) is 0 Å². The fourth-order valence-electron chi connectivity index (χ4n) is 3.26. The zero-order chi connectivity index (χ0) is 16.3. The van der Waals surface area contributed by atoms with Crippen molar-refractivity contribution in [1.82, 2.24) is 10.2 Å². The Balaban J connectivity index is 1.72. The van der Waals surface area contributed by atoms with E-state index in [4.69, 9.17) is 4.74 Å². The van der Waals surface area contributed by atoms with E-state index >= 15 is 0 Å². The third kappa shape index (κ3) is 7.47. The van der Waals surface area contributed by atoms with Gasteiger partial charge in [0, 0.05) is 12.6 Å². The van der Waals surface area contributed by atoms with E-state index in [0.717, 1.165) is 19.6 Å². The highest BCUT2D eigenvalue weighted by Gasteiger charge is 2.12. The fourth-order valence-corrected chi connectivity index (χ4v) is 3.26. The molecule has 0 saturated carbocycles. The van der Waals surface area contributed by atoms with Gasteiger partial charge in [0.1, 0.15) is 0 Å². The molecule has 1 N–H and O–H groups in total. The standard InChI is InChI=1S/C20H34N2O/c1-18(2)23-17-12-20(19-10-5-3-6-11-19)21-13-9-16-22-14-7-4-8-15-22/h3,5-6,10-11,18,20-21H,4,7-9,12-17H2,1-2H3. The van der Waals surface area contributed by atoms with E-state index in [0.29, 0.717) is 12.1 Å². The first-order valence-electron chi connectivity index (χ1n) is 9.38. The minimum atomic E-state index is 0.311. The third-order valence-electron chi connectivity index (χ3n) is 4.55. The summed E-state index contributed by atoms with van der Waals surface area (Å²) in [7, 11) is 0. The second-order valence-electron chi connectivity index (χ2n) is 6.88. The molecule has 0 radical (unpaired) electrons. The van der Waals surface area contributed by atoms with Gasteiger partial charge in [0.15, 0.2) is 0 Å². The van der Waals surface area contributed by atoms with E-state index in [2.05, 4.69) is 54.4 Å². The zero-order valence-corrected chi connectivity index (χ0v) is 15.0. The van der Waals surface area contributed by atoms with Crippen LogP contribution in [0.15, 0.2) is 30.3 Å². The quantitative estimate of drug-likeness (QED) is 0.660. The molecule has 130 valence electrons. The summed E-state index contributed by atoms with van der Waals surface area (Å²) in [4.78, 5) is 2.62. The lowest BCUT2D eigenvalue weighted by molar-refractivity contribution is 0.0713. The number of benzene rings is 1. The van der Waals surface area contributed by atoms with E-state index in [-0.39, 0.29) is 0 Å². The van der Waals surface area contributed by atoms with Gasteiger partial charge in [0.25, 0.3) is 0 Å². The SMILES string of the molecule is CC(C)OCCC(NCCCN1CCCCC1)c1ccccc1. The summed E-state index contributed by atoms with van der Waals surface area (Å²) in [6.07, 6.45) is 6.76. The number of ether oxygens (including phenoxy) is 1. The van der Waals surface area contributed by atoms with Crippen molar-refractivity contribution in [3.8, 4) is 0 Å². The second kappa shape index (κ2) is 10.8. The molecular weight excluding hydrogens is 284 g/mol. The van der Waals surface area contributed by atoms with Crippen molar-refractivity contribution in [2.75, 3.05) is 32.8 Å². The molecular formula is C20H34N2O. The average Bonchev–Trinajstić information content (AvgIpc) is 2.58. The molecule has 0 aromatic heterocycles. The van der Waals surface area contributed by atoms with Crippen molar-refractivity contribution in [1.29, 1.82) is 0 Å². The van der Waals surface area contributed by atoms with Crippen LogP contribution in [0.1, 0.15) is 57.6 Å². The number of likely N-dealkylation sites (tertiary alicyclic amines) is 1. The first kappa shape index (κ1) is 18.4. The Labute approximate surface area is 142 Å². The number of hydrogen-bond acceptors (Lipinski definition) is 3. The molecule has 1 aromatic carbocycles. The fraction of sp³-hybridized carbons (Fsp3) is 0.700. The first-order chi connectivity index (χ1) is 11.3. The van der Waals surface area contributed by atoms with Gasteiger partial charge in [0.2, 0.25) is 0 Å². The van der Waals surface area contributed by atoms with E-state index in [9.17, 15) is 0 Å². The van der Waals surface area contributed by atoms with Crippen molar-refractivity contribution in [2.45, 2.75) is 58.1 Å². The van der Waals surface area contributed by atoms with E-state index in [1.165, 1.54) is 50.9 Å². The molecule has 2 rings (SSSR count). The Morgan fingerprint density at radius 2 is 1.83 bits per heavy atom. The monoisotopic (exact) mass is 318 g/mol. The highest BCUT2D eigenvalue weighted by molar-refractivity contribution is 5.18. The van der Waals surface area contributed by atoms with Crippen molar-refractivity contribution < 1.29 is 4.74 Å². The van der Waals surface area contributed by atoms with Crippen molar-refractivity contribution in [3.63, 3.8) is 0 Å². The Hall–Kier alpha value is -0.900. The summed E-state index contributed by atoms with van der Waals surface area (Å²) >= 11 is 0. The van der Waals surface area contributed by atoms with Gasteiger partial charge in [-0.15, -0.1) is 0 Å². The Bertz CT molecular complexity index is 401. The second-order valence-corrected chi connectivity index (χ2v) is 6.88. The molecule has 1 heterocycles. The molecule has 1 atom stereocenters. The molecule has 1 unspecified atom stereocenters. The first-order valence-corrected chi connectivity index (χ1v) is 9.38. The molecule has 0 aliphatic carbocycles. The molecule has 1 aliphatic heterocycles. The molecule has 0 spiro atoms. The van der Waals surface area contributed by atoms with Crippen LogP contribution in [0.2, 0.25) is 0 Å². The predicted octanol–water partition coefficient (Wildman–Crippen LogP) is 4.01. The molecule has 1 aromatic rings. The van der Waals surface area contributed by atoms with E-state index in [1.807, 2.05) is 0 Å². The molecule has 1 fully saturated rings. The lowest BCUT2D eigenvalue weighted by Gasteiger charge is -2.27. The maximum Gasteiger partial charge on any atom is 0.0518 e. The zero-order valence-electron chi connectivity index (χ0n) is 15.0. The van der Waals surface area contributed by atoms with Crippen LogP contribution in [-0.2, 0) is 4.74 Å². The van der Waals surface area contributed by atoms with E-state index < -0.39 is 0 Å². The van der Waals surface area contributed by atoms with Crippen LogP contribution in [-0.4, -0.2) is 43.8 Å². The summed E-state index contributed by atoms with van der Waals surface area (Å²) in [6, 6.07) is 11.2. The summed E-state index contributed by atoms with van der Waals surface area (Å²) < 4.78 is 5.75. The largest absolute Gasteiger partial charge is 0.379 e. The summed E-state index contributed by atoms with van der Waals surface area (Å²) in [6.45, 7) is 9.92. The van der Waals surface area contributed by atoms with Crippen LogP contribution in [0, 0.1) is 0 Å². The van der Waals surface area contributed by atoms with Gasteiger partial charge in [-0.1, -0.05) is 36.8 Å². The summed E-state index contributed by atoms with van der Waals surface area (Å²) in [5, 5.41) is 3.74. The van der Waals surface area contributed by atoms with Crippen LogP contribution < -0.4 is 5.32 Å². The maximum absolute atomic E-state index is 5.75. The van der Waals surface area contributed by atoms with Gasteiger partial charge in [-0.2, -0.15) is 0 Å². The van der Waals surface area contributed by atoms with Crippen LogP contribution in [0.5, 0.6) is 0 Å². The molecule has 3 nitrogen and oxygen atoms in total. The van der Waals surface area contributed by atoms with Gasteiger partial charge in [0.05, 0.1) is 6.10 Å². The van der Waals surface area contributed by atoms with Crippen LogP contribution >= 0.6 is 0 Å². The summed E-state index contributed by atoms with van der Waals surface area (Å²) in [5.41, 5.74) is 1.37.